The number of alkyl carbamates (subject to hydrolysis) is 2. The number of carbonyl (C=O) groups is 4. The number of likely N-dealkylation sites (tertiary alicyclic amines) is 2. The number of fused-ring (bicyclic) bond motifs is 3. The number of hydrogen-bond acceptors (Lipinski definition) is 9. The number of nitrogens with one attached hydrogen (secondary N) is 4. The van der Waals surface area contributed by atoms with Crippen molar-refractivity contribution in [3.8, 4) is 21.0 Å². The second-order valence-electron chi connectivity index (χ2n) is 15.4. The van der Waals surface area contributed by atoms with Crippen LogP contribution in [0.25, 0.3) is 42.8 Å². The van der Waals surface area contributed by atoms with E-state index in [1.165, 1.54) is 14.2 Å². The van der Waals surface area contributed by atoms with Gasteiger partial charge in [0.25, 0.3) is 0 Å². The summed E-state index contributed by atoms with van der Waals surface area (Å²) >= 11 is 1.69. The molecule has 2 aromatic carbocycles. The molecular weight excluding hydrogens is 733 g/mol. The van der Waals surface area contributed by atoms with E-state index in [0.717, 1.165) is 85.7 Å². The van der Waals surface area contributed by atoms with Crippen molar-refractivity contribution in [1.82, 2.24) is 40.4 Å². The summed E-state index contributed by atoms with van der Waals surface area (Å²) in [5, 5.41) is 7.49. The molecule has 0 bridgehead atoms. The van der Waals surface area contributed by atoms with Crippen LogP contribution in [0.15, 0.2) is 42.6 Å². The molecule has 2 saturated heterocycles. The number of benzene rings is 2. The van der Waals surface area contributed by atoms with Crippen molar-refractivity contribution in [2.24, 2.45) is 11.8 Å². The van der Waals surface area contributed by atoms with Crippen molar-refractivity contribution in [2.75, 3.05) is 27.3 Å². The molecule has 296 valence electrons. The molecule has 0 aliphatic carbocycles. The molecule has 7 rings (SSSR count). The molecule has 2 fully saturated rings. The van der Waals surface area contributed by atoms with Crippen molar-refractivity contribution >= 4 is 57.1 Å². The van der Waals surface area contributed by atoms with Gasteiger partial charge >= 0.3 is 12.2 Å². The third-order valence-electron chi connectivity index (χ3n) is 11.0. The highest BCUT2D eigenvalue weighted by atomic mass is 32.1. The van der Waals surface area contributed by atoms with Gasteiger partial charge in [-0.25, -0.2) is 19.6 Å². The predicted molar refractivity (Wildman–Crippen MR) is 215 cm³/mol. The number of H-pyrrole nitrogens is 2. The fourth-order valence-electron chi connectivity index (χ4n) is 8.04. The van der Waals surface area contributed by atoms with Crippen LogP contribution < -0.4 is 10.6 Å². The van der Waals surface area contributed by atoms with Gasteiger partial charge in [0.05, 0.1) is 54.1 Å². The average molecular weight is 783 g/mol. The summed E-state index contributed by atoms with van der Waals surface area (Å²) in [4.78, 5) is 74.0. The second kappa shape index (κ2) is 16.0. The van der Waals surface area contributed by atoms with Gasteiger partial charge in [-0.2, -0.15) is 0 Å². The van der Waals surface area contributed by atoms with Gasteiger partial charge in [0.2, 0.25) is 11.8 Å². The molecule has 5 aromatic rings. The molecule has 56 heavy (non-hydrogen) atoms. The van der Waals surface area contributed by atoms with E-state index in [9.17, 15) is 19.2 Å². The topological polar surface area (TPSA) is 175 Å². The number of carbonyl (C=O) groups excluding carboxylic acids is 4. The van der Waals surface area contributed by atoms with Gasteiger partial charge in [0, 0.05) is 23.4 Å². The maximum atomic E-state index is 13.7. The van der Waals surface area contributed by atoms with Crippen molar-refractivity contribution in [1.29, 1.82) is 0 Å². The van der Waals surface area contributed by atoms with Crippen LogP contribution in [-0.2, 0) is 19.1 Å². The average Bonchev–Trinajstić information content (AvgIpc) is 4.03. The van der Waals surface area contributed by atoms with E-state index in [1.54, 1.807) is 11.3 Å². The van der Waals surface area contributed by atoms with Crippen LogP contribution in [0.5, 0.6) is 0 Å². The zero-order chi connectivity index (χ0) is 39.8. The number of imidazole rings is 2. The highest BCUT2D eigenvalue weighted by Crippen LogP contribution is 2.41. The second-order valence-corrected chi connectivity index (χ2v) is 16.5. The summed E-state index contributed by atoms with van der Waals surface area (Å²) in [5.41, 5.74) is 4.88. The highest BCUT2D eigenvalue weighted by Gasteiger charge is 2.39. The number of methoxy groups -OCH3 is 2. The zero-order valence-corrected chi connectivity index (χ0v) is 33.7. The molecule has 14 nitrogen and oxygen atoms in total. The van der Waals surface area contributed by atoms with E-state index in [2.05, 4.69) is 57.9 Å². The lowest BCUT2D eigenvalue weighted by Crippen LogP contribution is -2.51. The number of thiophene rings is 1. The number of nitrogens with zero attached hydrogens (tertiary/aromatic N) is 4. The Labute approximate surface area is 329 Å². The summed E-state index contributed by atoms with van der Waals surface area (Å²) in [6, 6.07) is 10.9. The van der Waals surface area contributed by atoms with Crippen molar-refractivity contribution in [2.45, 2.75) is 84.5 Å². The smallest absolute Gasteiger partial charge is 0.407 e. The first-order valence-corrected chi connectivity index (χ1v) is 20.1. The number of amides is 4. The number of aromatic nitrogens is 4. The van der Waals surface area contributed by atoms with E-state index in [0.29, 0.717) is 13.1 Å². The molecule has 2 aliphatic heterocycles. The Bertz CT molecular complexity index is 2280. The lowest BCUT2D eigenvalue weighted by atomic mass is 10.0. The number of ether oxygens (including phenoxy) is 2. The van der Waals surface area contributed by atoms with Gasteiger partial charge in [-0.05, 0) is 79.2 Å². The minimum atomic E-state index is -0.697. The molecular formula is C41H50N8O6S. The Balaban J connectivity index is 1.11. The number of aromatic amines is 2. The fourth-order valence-corrected chi connectivity index (χ4v) is 9.17. The van der Waals surface area contributed by atoms with Crippen molar-refractivity contribution in [3.05, 3.63) is 59.8 Å². The van der Waals surface area contributed by atoms with Crippen molar-refractivity contribution < 1.29 is 28.7 Å². The van der Waals surface area contributed by atoms with Crippen LogP contribution >= 0.6 is 11.3 Å². The number of hydrogen-bond donors (Lipinski definition) is 4. The third kappa shape index (κ3) is 7.43. The summed E-state index contributed by atoms with van der Waals surface area (Å²) < 4.78 is 9.56. The molecule has 15 heteroatoms. The number of rotatable bonds is 10. The predicted octanol–water partition coefficient (Wildman–Crippen LogP) is 7.23. The molecule has 4 amide bonds. The first-order chi connectivity index (χ1) is 26.9. The summed E-state index contributed by atoms with van der Waals surface area (Å²) in [6.07, 6.45) is 3.83. The maximum absolute atomic E-state index is 13.7. The van der Waals surface area contributed by atoms with Gasteiger partial charge in [0.1, 0.15) is 23.7 Å². The summed E-state index contributed by atoms with van der Waals surface area (Å²) in [5.74, 6) is 0.972. The van der Waals surface area contributed by atoms with Gasteiger partial charge in [-0.1, -0.05) is 45.9 Å². The molecule has 0 radical (unpaired) electrons. The van der Waals surface area contributed by atoms with Crippen LogP contribution in [0.3, 0.4) is 0 Å². The Morgan fingerprint density at radius 1 is 0.821 bits per heavy atom. The van der Waals surface area contributed by atoms with Gasteiger partial charge < -0.3 is 39.9 Å². The van der Waals surface area contributed by atoms with E-state index in [-0.39, 0.29) is 35.7 Å². The minimum Gasteiger partial charge on any atom is -0.453 e. The van der Waals surface area contributed by atoms with Crippen molar-refractivity contribution in [3.63, 3.8) is 0 Å². The normalized spacial score (nSPS) is 18.2. The Hall–Kier alpha value is -5.44. The highest BCUT2D eigenvalue weighted by molar-refractivity contribution is 7.19. The maximum Gasteiger partial charge on any atom is 0.407 e. The molecule has 3 aromatic heterocycles. The first-order valence-electron chi connectivity index (χ1n) is 19.3. The van der Waals surface area contributed by atoms with Crippen LogP contribution in [-0.4, -0.2) is 93.1 Å². The molecule has 1 unspecified atom stereocenters. The molecule has 2 aliphatic rings. The molecule has 4 atom stereocenters. The van der Waals surface area contributed by atoms with E-state index >= 15 is 0 Å². The standard InChI is InChI=1S/C41H50N8O6S/c1-21(2)32(46-40(52)54-6)38(50)48-16-8-10-29(48)36-42-20-28(44-36)31-18-23(5)35(56-31)25-12-14-26-24(19-25)13-15-27-34(26)45-37(43-27)30-11-9-17-49(30)39(51)33(22(3)4)47-41(53)55-7/h12-15,18-22,29-30,32-33H,8-11,16-17H2,1-7H3,(H,42,44)(H,43,45)(H,46,52)(H,47,53)/t29-,30-,32?,33-/m0/s1. The lowest BCUT2D eigenvalue weighted by molar-refractivity contribution is -0.136. The molecule has 0 spiro atoms. The monoisotopic (exact) mass is 782 g/mol. The van der Waals surface area contributed by atoms with Gasteiger partial charge in [-0.15, -0.1) is 11.3 Å². The van der Waals surface area contributed by atoms with E-state index < -0.39 is 24.3 Å². The van der Waals surface area contributed by atoms with Gasteiger partial charge in [-0.3, -0.25) is 9.59 Å². The minimum absolute atomic E-state index is 0.109. The Kier molecular flexibility index (Phi) is 11.1. The quantitative estimate of drug-likeness (QED) is 0.115. The summed E-state index contributed by atoms with van der Waals surface area (Å²) in [6.45, 7) is 10.9. The number of aryl methyl sites for hydroxylation is 1. The first kappa shape index (κ1) is 38.8. The SMILES string of the molecule is COC(=O)NC(C(=O)N1CCC[C@H]1c1ncc(-c2cc(C)c(-c3ccc4c(ccc5[nH]c([C@@H]6CCCN6C(=O)[C@@H](NC(=O)OC)C(C)C)nc54)c3)s2)[nH]1)C(C)C. The van der Waals surface area contributed by atoms with Crippen LogP contribution in [0.1, 0.15) is 82.7 Å². The van der Waals surface area contributed by atoms with Crippen LogP contribution in [0, 0.1) is 18.8 Å². The zero-order valence-electron chi connectivity index (χ0n) is 32.9. The molecule has 0 saturated carbocycles. The third-order valence-corrected chi connectivity index (χ3v) is 12.3. The lowest BCUT2D eigenvalue weighted by Gasteiger charge is -2.30. The largest absolute Gasteiger partial charge is 0.453 e. The van der Waals surface area contributed by atoms with Crippen LogP contribution in [0.2, 0.25) is 0 Å². The van der Waals surface area contributed by atoms with Crippen LogP contribution in [0.4, 0.5) is 9.59 Å². The Morgan fingerprint density at radius 3 is 2.02 bits per heavy atom. The molecule has 4 N–H and O–H groups in total. The van der Waals surface area contributed by atoms with E-state index in [4.69, 9.17) is 19.4 Å². The van der Waals surface area contributed by atoms with Gasteiger partial charge in [0.15, 0.2) is 0 Å². The Morgan fingerprint density at radius 2 is 1.43 bits per heavy atom. The summed E-state index contributed by atoms with van der Waals surface area (Å²) in [7, 11) is 2.59. The molecule has 5 heterocycles. The van der Waals surface area contributed by atoms with E-state index in [1.807, 2.05) is 49.8 Å². The fraction of sp³-hybridized carbons (Fsp3) is 0.463.